The molecule has 0 spiro atoms. The first-order chi connectivity index (χ1) is 10.4. The van der Waals surface area contributed by atoms with Crippen LogP contribution in [-0.2, 0) is 0 Å². The SMILES string of the molecule is O=C(NCC1CCCNC1)c1ccc(OCC(F)(F)F)nc1. The molecule has 1 amide bonds. The van der Waals surface area contributed by atoms with E-state index in [4.69, 9.17) is 0 Å². The van der Waals surface area contributed by atoms with E-state index in [1.165, 1.54) is 18.3 Å². The predicted octanol–water partition coefficient (Wildman–Crippen LogP) is 1.75. The quantitative estimate of drug-likeness (QED) is 0.868. The van der Waals surface area contributed by atoms with Crippen molar-refractivity contribution in [2.24, 2.45) is 5.92 Å². The minimum absolute atomic E-state index is 0.162. The van der Waals surface area contributed by atoms with Gasteiger partial charge in [-0.15, -0.1) is 0 Å². The van der Waals surface area contributed by atoms with Gasteiger partial charge in [0.2, 0.25) is 5.88 Å². The summed E-state index contributed by atoms with van der Waals surface area (Å²) in [5.41, 5.74) is 0.295. The van der Waals surface area contributed by atoms with Crippen LogP contribution in [-0.4, -0.2) is 43.3 Å². The van der Waals surface area contributed by atoms with Gasteiger partial charge in [-0.3, -0.25) is 4.79 Å². The summed E-state index contributed by atoms with van der Waals surface area (Å²) < 4.78 is 40.5. The standard InChI is InChI=1S/C14H18F3N3O2/c15-14(16,17)9-22-12-4-3-11(8-19-12)13(21)20-7-10-2-1-5-18-6-10/h3-4,8,10,18H,1-2,5-7,9H2,(H,20,21). The highest BCUT2D eigenvalue weighted by Crippen LogP contribution is 2.17. The monoisotopic (exact) mass is 317 g/mol. The second-order valence-corrected chi connectivity index (χ2v) is 5.21. The zero-order chi connectivity index (χ0) is 16.0. The van der Waals surface area contributed by atoms with Crippen molar-refractivity contribution in [3.63, 3.8) is 0 Å². The number of hydrogen-bond donors (Lipinski definition) is 2. The van der Waals surface area contributed by atoms with Crippen LogP contribution in [0.3, 0.4) is 0 Å². The van der Waals surface area contributed by atoms with Crippen molar-refractivity contribution in [1.29, 1.82) is 0 Å². The number of hydrogen-bond acceptors (Lipinski definition) is 4. The molecule has 1 fully saturated rings. The minimum Gasteiger partial charge on any atom is -0.468 e. The molecule has 0 aromatic carbocycles. The molecular weight excluding hydrogens is 299 g/mol. The lowest BCUT2D eigenvalue weighted by molar-refractivity contribution is -0.154. The molecule has 5 nitrogen and oxygen atoms in total. The Morgan fingerprint density at radius 1 is 1.45 bits per heavy atom. The van der Waals surface area contributed by atoms with Crippen LogP contribution in [0.1, 0.15) is 23.2 Å². The first-order valence-corrected chi connectivity index (χ1v) is 7.08. The number of rotatable bonds is 5. The molecule has 2 heterocycles. The molecule has 1 atom stereocenters. The maximum Gasteiger partial charge on any atom is 0.422 e. The largest absolute Gasteiger partial charge is 0.468 e. The topological polar surface area (TPSA) is 63.2 Å². The second kappa shape index (κ2) is 7.44. The van der Waals surface area contributed by atoms with Gasteiger partial charge in [-0.2, -0.15) is 13.2 Å². The highest BCUT2D eigenvalue weighted by Gasteiger charge is 2.28. The van der Waals surface area contributed by atoms with Crippen LogP contribution >= 0.6 is 0 Å². The van der Waals surface area contributed by atoms with E-state index >= 15 is 0 Å². The van der Waals surface area contributed by atoms with Crippen molar-refractivity contribution >= 4 is 5.91 Å². The predicted molar refractivity (Wildman–Crippen MR) is 73.7 cm³/mol. The van der Waals surface area contributed by atoms with E-state index in [9.17, 15) is 18.0 Å². The third kappa shape index (κ3) is 5.51. The molecular formula is C14H18F3N3O2. The molecule has 1 saturated heterocycles. The number of nitrogens with one attached hydrogen (secondary N) is 2. The second-order valence-electron chi connectivity index (χ2n) is 5.21. The lowest BCUT2D eigenvalue weighted by Gasteiger charge is -2.22. The van der Waals surface area contributed by atoms with Gasteiger partial charge in [0, 0.05) is 18.8 Å². The van der Waals surface area contributed by atoms with Crippen molar-refractivity contribution < 1.29 is 22.7 Å². The first-order valence-electron chi connectivity index (χ1n) is 7.08. The summed E-state index contributed by atoms with van der Waals surface area (Å²) in [4.78, 5) is 15.6. The Bertz CT molecular complexity index is 485. The van der Waals surface area contributed by atoms with Crippen LogP contribution in [0.25, 0.3) is 0 Å². The number of halogens is 3. The van der Waals surface area contributed by atoms with Gasteiger partial charge in [0.1, 0.15) is 0 Å². The maximum atomic E-state index is 12.0. The number of pyridine rings is 1. The van der Waals surface area contributed by atoms with Gasteiger partial charge in [-0.25, -0.2) is 4.98 Å². The smallest absolute Gasteiger partial charge is 0.422 e. The zero-order valence-electron chi connectivity index (χ0n) is 11.9. The molecule has 1 aromatic rings. The average molecular weight is 317 g/mol. The number of ether oxygens (including phenoxy) is 1. The number of carbonyl (C=O) groups is 1. The Kier molecular flexibility index (Phi) is 5.59. The van der Waals surface area contributed by atoms with E-state index in [2.05, 4.69) is 20.4 Å². The molecule has 1 aliphatic heterocycles. The third-order valence-corrected chi connectivity index (χ3v) is 3.33. The van der Waals surface area contributed by atoms with E-state index in [0.717, 1.165) is 25.9 Å². The Labute approximate surface area is 126 Å². The number of nitrogens with zero attached hydrogens (tertiary/aromatic N) is 1. The number of amides is 1. The van der Waals surface area contributed by atoms with Gasteiger partial charge in [-0.05, 0) is 37.9 Å². The fourth-order valence-electron chi connectivity index (χ4n) is 2.19. The van der Waals surface area contributed by atoms with Crippen molar-refractivity contribution in [2.45, 2.75) is 19.0 Å². The summed E-state index contributed by atoms with van der Waals surface area (Å²) in [6.07, 6.45) is -1.05. The summed E-state index contributed by atoms with van der Waals surface area (Å²) >= 11 is 0. The summed E-state index contributed by atoms with van der Waals surface area (Å²) in [5, 5.41) is 6.06. The summed E-state index contributed by atoms with van der Waals surface area (Å²) in [6, 6.07) is 2.65. The molecule has 0 saturated carbocycles. The van der Waals surface area contributed by atoms with E-state index < -0.39 is 12.8 Å². The fraction of sp³-hybridized carbons (Fsp3) is 0.571. The van der Waals surface area contributed by atoms with Crippen molar-refractivity contribution in [2.75, 3.05) is 26.2 Å². The Morgan fingerprint density at radius 2 is 2.27 bits per heavy atom. The van der Waals surface area contributed by atoms with Crippen LogP contribution in [0.4, 0.5) is 13.2 Å². The van der Waals surface area contributed by atoms with Gasteiger partial charge in [0.25, 0.3) is 5.91 Å². The molecule has 1 aromatic heterocycles. The lowest BCUT2D eigenvalue weighted by Crippen LogP contribution is -2.38. The lowest BCUT2D eigenvalue weighted by atomic mass is 10.00. The van der Waals surface area contributed by atoms with Crippen LogP contribution in [0, 0.1) is 5.92 Å². The Morgan fingerprint density at radius 3 is 2.86 bits per heavy atom. The highest BCUT2D eigenvalue weighted by atomic mass is 19.4. The average Bonchev–Trinajstić information content (AvgIpc) is 2.51. The molecule has 8 heteroatoms. The summed E-state index contributed by atoms with van der Waals surface area (Å²) in [6.45, 7) is 1.05. The number of aromatic nitrogens is 1. The van der Waals surface area contributed by atoms with Gasteiger partial charge >= 0.3 is 6.18 Å². The Balaban J connectivity index is 1.80. The van der Waals surface area contributed by atoms with E-state index in [0.29, 0.717) is 18.0 Å². The molecule has 1 unspecified atom stereocenters. The van der Waals surface area contributed by atoms with Crippen LogP contribution in [0.2, 0.25) is 0 Å². The molecule has 2 N–H and O–H groups in total. The fourth-order valence-corrected chi connectivity index (χ4v) is 2.19. The van der Waals surface area contributed by atoms with Crippen molar-refractivity contribution in [3.05, 3.63) is 23.9 Å². The highest BCUT2D eigenvalue weighted by molar-refractivity contribution is 5.93. The van der Waals surface area contributed by atoms with Crippen LogP contribution < -0.4 is 15.4 Å². The van der Waals surface area contributed by atoms with Crippen LogP contribution in [0.15, 0.2) is 18.3 Å². The molecule has 22 heavy (non-hydrogen) atoms. The zero-order valence-corrected chi connectivity index (χ0v) is 11.9. The molecule has 1 aliphatic rings. The number of carbonyl (C=O) groups excluding carboxylic acids is 1. The third-order valence-electron chi connectivity index (χ3n) is 3.33. The van der Waals surface area contributed by atoms with Crippen molar-refractivity contribution in [3.8, 4) is 5.88 Å². The van der Waals surface area contributed by atoms with Gasteiger partial charge < -0.3 is 15.4 Å². The van der Waals surface area contributed by atoms with E-state index in [1.54, 1.807) is 0 Å². The summed E-state index contributed by atoms with van der Waals surface area (Å²) in [5.74, 6) is -0.0501. The van der Waals surface area contributed by atoms with Gasteiger partial charge in [0.15, 0.2) is 6.61 Å². The number of alkyl halides is 3. The first kappa shape index (κ1) is 16.5. The molecule has 2 rings (SSSR count). The molecule has 0 aliphatic carbocycles. The molecule has 122 valence electrons. The Hall–Kier alpha value is -1.83. The van der Waals surface area contributed by atoms with Gasteiger partial charge in [0.05, 0.1) is 5.56 Å². The normalized spacial score (nSPS) is 18.8. The number of piperidine rings is 1. The van der Waals surface area contributed by atoms with E-state index in [1.807, 2.05) is 0 Å². The van der Waals surface area contributed by atoms with Crippen LogP contribution in [0.5, 0.6) is 5.88 Å². The van der Waals surface area contributed by atoms with Crippen molar-refractivity contribution in [1.82, 2.24) is 15.6 Å². The molecule has 0 bridgehead atoms. The van der Waals surface area contributed by atoms with Gasteiger partial charge in [-0.1, -0.05) is 0 Å². The molecule has 0 radical (unpaired) electrons. The maximum absolute atomic E-state index is 12.0. The minimum atomic E-state index is -4.41. The summed E-state index contributed by atoms with van der Waals surface area (Å²) in [7, 11) is 0. The van der Waals surface area contributed by atoms with E-state index in [-0.39, 0.29) is 11.8 Å².